The number of fused-ring (bicyclic) bond motifs is 1. The molecule has 0 aliphatic carbocycles. The molecule has 27 heavy (non-hydrogen) atoms. The molecule has 1 aromatic carbocycles. The third kappa shape index (κ3) is 3.69. The zero-order valence-corrected chi connectivity index (χ0v) is 17.1. The van der Waals surface area contributed by atoms with E-state index in [-0.39, 0.29) is 23.6 Å². The molecule has 0 bridgehead atoms. The molecule has 0 fully saturated rings. The maximum atomic E-state index is 12.7. The van der Waals surface area contributed by atoms with E-state index >= 15 is 0 Å². The van der Waals surface area contributed by atoms with E-state index in [1.54, 1.807) is 11.6 Å². The highest BCUT2D eigenvalue weighted by Crippen LogP contribution is 2.27. The number of benzene rings is 1. The number of rotatable bonds is 4. The van der Waals surface area contributed by atoms with Crippen LogP contribution in [0, 0.1) is 12.3 Å². The lowest BCUT2D eigenvalue weighted by molar-refractivity contribution is 0.273. The number of aryl methyl sites for hydroxylation is 2. The minimum Gasteiger partial charge on any atom is -0.396 e. The van der Waals surface area contributed by atoms with Crippen LogP contribution in [-0.4, -0.2) is 25.8 Å². The fourth-order valence-electron chi connectivity index (χ4n) is 3.44. The molecule has 0 aliphatic heterocycles. The molecular weight excluding hydrogens is 338 g/mol. The molecule has 3 aromatic rings. The minimum atomic E-state index is -0.0339. The summed E-state index contributed by atoms with van der Waals surface area (Å²) in [6.07, 6.45) is 0. The standard InChI is InChI=1S/C22H29N3O2/c1-14-11-16(15(2)12-26)7-8-17(14)18-9-10-19-20(23-18)24(6)21(27)25(19)13-22(3,4)5/h7-11,15,26H,12-13H2,1-6H3. The van der Waals surface area contributed by atoms with Gasteiger partial charge in [0.25, 0.3) is 0 Å². The van der Waals surface area contributed by atoms with Crippen LogP contribution in [0.1, 0.15) is 44.7 Å². The number of imidazole rings is 1. The molecule has 144 valence electrons. The Balaban J connectivity index is 2.11. The fraction of sp³-hybridized carbons (Fsp3) is 0.455. The molecule has 1 N–H and O–H groups in total. The summed E-state index contributed by atoms with van der Waals surface area (Å²) in [5.74, 6) is 0.112. The SMILES string of the molecule is Cc1cc(C(C)CO)ccc1-c1ccc2c(n1)n(C)c(=O)n2CC(C)(C)C. The van der Waals surface area contributed by atoms with Crippen LogP contribution in [0.2, 0.25) is 0 Å². The van der Waals surface area contributed by atoms with Crippen LogP contribution < -0.4 is 5.69 Å². The Morgan fingerprint density at radius 1 is 1.19 bits per heavy atom. The van der Waals surface area contributed by atoms with E-state index in [1.807, 2.05) is 29.7 Å². The predicted molar refractivity (Wildman–Crippen MR) is 110 cm³/mol. The normalized spacial score (nSPS) is 13.3. The molecule has 0 saturated heterocycles. The van der Waals surface area contributed by atoms with Gasteiger partial charge < -0.3 is 5.11 Å². The Labute approximate surface area is 160 Å². The van der Waals surface area contributed by atoms with Crippen molar-refractivity contribution in [2.45, 2.75) is 47.1 Å². The Bertz CT molecular complexity index is 1040. The average Bonchev–Trinajstić information content (AvgIpc) is 2.84. The van der Waals surface area contributed by atoms with Crippen molar-refractivity contribution in [2.24, 2.45) is 12.5 Å². The second kappa shape index (κ2) is 6.97. The molecule has 1 unspecified atom stereocenters. The van der Waals surface area contributed by atoms with Gasteiger partial charge in [-0.1, -0.05) is 45.9 Å². The van der Waals surface area contributed by atoms with E-state index in [4.69, 9.17) is 4.98 Å². The molecular formula is C22H29N3O2. The van der Waals surface area contributed by atoms with Gasteiger partial charge in [-0.25, -0.2) is 9.78 Å². The molecule has 2 aromatic heterocycles. The number of pyridine rings is 1. The Kier molecular flexibility index (Phi) is 5.00. The van der Waals surface area contributed by atoms with Crippen LogP contribution in [0.4, 0.5) is 0 Å². The molecule has 0 radical (unpaired) electrons. The number of hydrogen-bond acceptors (Lipinski definition) is 3. The van der Waals surface area contributed by atoms with E-state index in [0.717, 1.165) is 27.9 Å². The van der Waals surface area contributed by atoms with Gasteiger partial charge in [0.1, 0.15) is 0 Å². The van der Waals surface area contributed by atoms with E-state index in [1.165, 1.54) is 0 Å². The largest absolute Gasteiger partial charge is 0.396 e. The topological polar surface area (TPSA) is 60.1 Å². The first-order chi connectivity index (χ1) is 12.6. The third-order valence-electron chi connectivity index (χ3n) is 4.98. The molecule has 0 amide bonds. The smallest absolute Gasteiger partial charge is 0.330 e. The van der Waals surface area contributed by atoms with Gasteiger partial charge in [-0.3, -0.25) is 9.13 Å². The van der Waals surface area contributed by atoms with Crippen molar-refractivity contribution in [3.63, 3.8) is 0 Å². The van der Waals surface area contributed by atoms with Crippen molar-refractivity contribution < 1.29 is 5.11 Å². The van der Waals surface area contributed by atoms with Crippen LogP contribution in [0.15, 0.2) is 35.1 Å². The van der Waals surface area contributed by atoms with E-state index in [2.05, 4.69) is 39.8 Å². The molecule has 5 nitrogen and oxygen atoms in total. The number of aliphatic hydroxyl groups excluding tert-OH is 1. The highest BCUT2D eigenvalue weighted by atomic mass is 16.3. The summed E-state index contributed by atoms with van der Waals surface area (Å²) in [5.41, 5.74) is 5.66. The van der Waals surface area contributed by atoms with Gasteiger partial charge >= 0.3 is 5.69 Å². The molecule has 0 aliphatic rings. The van der Waals surface area contributed by atoms with Crippen molar-refractivity contribution in [1.29, 1.82) is 0 Å². The quantitative estimate of drug-likeness (QED) is 0.762. The van der Waals surface area contributed by atoms with Crippen molar-refractivity contribution in [3.05, 3.63) is 51.9 Å². The minimum absolute atomic E-state index is 0.00655. The highest BCUT2D eigenvalue weighted by Gasteiger charge is 2.19. The monoisotopic (exact) mass is 367 g/mol. The van der Waals surface area contributed by atoms with Crippen molar-refractivity contribution in [1.82, 2.24) is 14.1 Å². The van der Waals surface area contributed by atoms with Crippen molar-refractivity contribution >= 4 is 11.2 Å². The average molecular weight is 367 g/mol. The van der Waals surface area contributed by atoms with E-state index in [9.17, 15) is 9.90 Å². The summed E-state index contributed by atoms with van der Waals surface area (Å²) in [4.78, 5) is 17.5. The Morgan fingerprint density at radius 3 is 2.48 bits per heavy atom. The Morgan fingerprint density at radius 2 is 1.89 bits per heavy atom. The van der Waals surface area contributed by atoms with Gasteiger partial charge in [0.2, 0.25) is 0 Å². The van der Waals surface area contributed by atoms with Crippen molar-refractivity contribution in [2.75, 3.05) is 6.61 Å². The summed E-state index contributed by atoms with van der Waals surface area (Å²) in [5, 5.41) is 9.38. The van der Waals surface area contributed by atoms with Crippen molar-refractivity contribution in [3.8, 4) is 11.3 Å². The number of nitrogens with zero attached hydrogens (tertiary/aromatic N) is 3. The van der Waals surface area contributed by atoms with Crippen LogP contribution >= 0.6 is 0 Å². The lowest BCUT2D eigenvalue weighted by atomic mass is 9.95. The van der Waals surface area contributed by atoms with Gasteiger partial charge in [0.15, 0.2) is 5.65 Å². The summed E-state index contributed by atoms with van der Waals surface area (Å²) in [6, 6.07) is 10.2. The van der Waals surface area contributed by atoms with Crippen LogP contribution in [0.25, 0.3) is 22.4 Å². The van der Waals surface area contributed by atoms with Gasteiger partial charge in [-0.15, -0.1) is 0 Å². The second-order valence-corrected chi connectivity index (χ2v) is 8.69. The van der Waals surface area contributed by atoms with E-state index < -0.39 is 0 Å². The van der Waals surface area contributed by atoms with Gasteiger partial charge in [-0.05, 0) is 35.6 Å². The van der Waals surface area contributed by atoms with Crippen LogP contribution in [0.5, 0.6) is 0 Å². The predicted octanol–water partition coefficient (Wildman–Crippen LogP) is 3.85. The first-order valence-electron chi connectivity index (χ1n) is 9.40. The summed E-state index contributed by atoms with van der Waals surface area (Å²) < 4.78 is 3.44. The second-order valence-electron chi connectivity index (χ2n) is 8.69. The first-order valence-corrected chi connectivity index (χ1v) is 9.40. The summed E-state index contributed by atoms with van der Waals surface area (Å²) in [6.45, 7) is 11.2. The highest BCUT2D eigenvalue weighted by molar-refractivity contribution is 5.77. The lowest BCUT2D eigenvalue weighted by Gasteiger charge is -2.18. The zero-order valence-electron chi connectivity index (χ0n) is 17.1. The third-order valence-corrected chi connectivity index (χ3v) is 4.98. The molecule has 0 saturated carbocycles. The molecule has 1 atom stereocenters. The number of aliphatic hydroxyl groups is 1. The van der Waals surface area contributed by atoms with Crippen LogP contribution in [-0.2, 0) is 13.6 Å². The lowest BCUT2D eigenvalue weighted by Crippen LogP contribution is -2.27. The molecule has 2 heterocycles. The maximum absolute atomic E-state index is 12.7. The van der Waals surface area contributed by atoms with Gasteiger partial charge in [0.05, 0.1) is 11.2 Å². The number of aromatic nitrogens is 3. The van der Waals surface area contributed by atoms with Crippen LogP contribution in [0.3, 0.4) is 0 Å². The maximum Gasteiger partial charge on any atom is 0.330 e. The fourth-order valence-corrected chi connectivity index (χ4v) is 3.44. The molecule has 3 rings (SSSR count). The molecule has 5 heteroatoms. The summed E-state index contributed by atoms with van der Waals surface area (Å²) >= 11 is 0. The summed E-state index contributed by atoms with van der Waals surface area (Å²) in [7, 11) is 1.78. The first kappa shape index (κ1) is 19.4. The Hall–Kier alpha value is -2.40. The van der Waals surface area contributed by atoms with E-state index in [0.29, 0.717) is 12.2 Å². The zero-order chi connectivity index (χ0) is 19.9. The van der Waals surface area contributed by atoms with Gasteiger partial charge in [-0.2, -0.15) is 0 Å². The molecule has 0 spiro atoms. The number of hydrogen-bond donors (Lipinski definition) is 1. The van der Waals surface area contributed by atoms with Gasteiger partial charge in [0, 0.05) is 31.7 Å².